The molecule has 8 heteroatoms. The minimum Gasteiger partial charge on any atom is -0.477 e. The van der Waals surface area contributed by atoms with E-state index in [1.807, 2.05) is 6.92 Å². The maximum atomic E-state index is 13.5. The largest absolute Gasteiger partial charge is 0.477 e. The van der Waals surface area contributed by atoms with Crippen molar-refractivity contribution in [2.45, 2.75) is 33.4 Å². The summed E-state index contributed by atoms with van der Waals surface area (Å²) in [5.74, 6) is 0.943. The van der Waals surface area contributed by atoms with Gasteiger partial charge < -0.3 is 4.74 Å². The van der Waals surface area contributed by atoms with Crippen molar-refractivity contribution in [1.82, 2.24) is 20.2 Å². The maximum Gasteiger partial charge on any atom is 0.418 e. The third-order valence-corrected chi connectivity index (χ3v) is 4.13. The topological polar surface area (TPSA) is 63.7 Å². The van der Waals surface area contributed by atoms with Gasteiger partial charge in [-0.05, 0) is 36.5 Å². The van der Waals surface area contributed by atoms with Crippen molar-refractivity contribution in [2.24, 2.45) is 11.8 Å². The van der Waals surface area contributed by atoms with Gasteiger partial charge >= 0.3 is 6.18 Å². The van der Waals surface area contributed by atoms with E-state index in [2.05, 4.69) is 34.0 Å². The number of hydrogen-bond donors (Lipinski definition) is 1. The summed E-state index contributed by atoms with van der Waals surface area (Å²) in [5, 5.41) is 7.07. The van der Waals surface area contributed by atoms with Crippen LogP contribution in [0.5, 0.6) is 5.88 Å². The van der Waals surface area contributed by atoms with E-state index in [9.17, 15) is 13.2 Å². The summed E-state index contributed by atoms with van der Waals surface area (Å²) in [6, 6.07) is 5.54. The first-order valence-corrected chi connectivity index (χ1v) is 8.76. The molecule has 3 rings (SSSR count). The number of pyridine rings is 2. The molecule has 0 saturated heterocycles. The molecule has 1 N–H and O–H groups in total. The van der Waals surface area contributed by atoms with Crippen LogP contribution < -0.4 is 4.74 Å². The number of H-pyrrole nitrogens is 1. The van der Waals surface area contributed by atoms with Gasteiger partial charge in [-0.25, -0.2) is 9.97 Å². The Morgan fingerprint density at radius 2 is 1.93 bits per heavy atom. The lowest BCUT2D eigenvalue weighted by Gasteiger charge is -2.16. The second kappa shape index (κ2) is 7.54. The third-order valence-electron chi connectivity index (χ3n) is 4.13. The van der Waals surface area contributed by atoms with Crippen LogP contribution in [0.4, 0.5) is 13.2 Å². The highest BCUT2D eigenvalue weighted by Crippen LogP contribution is 2.38. The van der Waals surface area contributed by atoms with Crippen molar-refractivity contribution in [3.63, 3.8) is 0 Å². The lowest BCUT2D eigenvalue weighted by Crippen LogP contribution is -2.13. The number of rotatable bonds is 6. The highest BCUT2D eigenvalue weighted by molar-refractivity contribution is 5.90. The predicted octanol–water partition coefficient (Wildman–Crippen LogP) is 5.10. The average Bonchev–Trinajstić information content (AvgIpc) is 3.02. The lowest BCUT2D eigenvalue weighted by molar-refractivity contribution is -0.137. The fourth-order valence-electron chi connectivity index (χ4n) is 3.07. The Hall–Kier alpha value is -2.64. The number of halogens is 3. The van der Waals surface area contributed by atoms with Crippen LogP contribution >= 0.6 is 0 Å². The van der Waals surface area contributed by atoms with Crippen molar-refractivity contribution < 1.29 is 17.9 Å². The van der Waals surface area contributed by atoms with Crippen LogP contribution in [0, 0.1) is 11.8 Å². The van der Waals surface area contributed by atoms with Crippen LogP contribution in [0.3, 0.4) is 0 Å². The zero-order chi connectivity index (χ0) is 19.6. The molecule has 0 amide bonds. The van der Waals surface area contributed by atoms with E-state index in [1.165, 1.54) is 12.3 Å². The third kappa shape index (κ3) is 4.37. The molecule has 5 nitrogen and oxygen atoms in total. The first-order chi connectivity index (χ1) is 12.8. The van der Waals surface area contributed by atoms with Gasteiger partial charge in [0.05, 0.1) is 17.9 Å². The summed E-state index contributed by atoms with van der Waals surface area (Å²) < 4.78 is 46.2. The number of aromatic nitrogens is 4. The Morgan fingerprint density at radius 1 is 1.15 bits per heavy atom. The van der Waals surface area contributed by atoms with E-state index in [4.69, 9.17) is 4.74 Å². The van der Waals surface area contributed by atoms with E-state index in [0.717, 1.165) is 12.5 Å². The summed E-state index contributed by atoms with van der Waals surface area (Å²) in [6.07, 6.45) is -2.06. The van der Waals surface area contributed by atoms with Crippen LogP contribution in [0.25, 0.3) is 22.4 Å². The van der Waals surface area contributed by atoms with E-state index in [0.29, 0.717) is 23.6 Å². The zero-order valence-corrected chi connectivity index (χ0v) is 15.3. The second-order valence-corrected chi connectivity index (χ2v) is 7.06. The Balaban J connectivity index is 1.97. The van der Waals surface area contributed by atoms with Gasteiger partial charge in [-0.3, -0.25) is 5.10 Å². The normalized spacial score (nSPS) is 13.3. The molecule has 0 unspecified atom stereocenters. The molecule has 0 aliphatic rings. The molecule has 0 spiro atoms. The fourth-order valence-corrected chi connectivity index (χ4v) is 3.07. The number of hydrogen-bond acceptors (Lipinski definition) is 4. The van der Waals surface area contributed by atoms with Gasteiger partial charge in [0.1, 0.15) is 5.69 Å². The highest BCUT2D eigenvalue weighted by atomic mass is 19.4. The minimum atomic E-state index is -4.55. The van der Waals surface area contributed by atoms with Gasteiger partial charge in [0.15, 0.2) is 5.65 Å². The Bertz CT molecular complexity index is 921. The van der Waals surface area contributed by atoms with Crippen molar-refractivity contribution >= 4 is 11.0 Å². The Morgan fingerprint density at radius 3 is 2.63 bits per heavy atom. The lowest BCUT2D eigenvalue weighted by atomic mass is 10.00. The van der Waals surface area contributed by atoms with Crippen LogP contribution in [0.1, 0.15) is 32.8 Å². The van der Waals surface area contributed by atoms with Gasteiger partial charge in [0, 0.05) is 17.6 Å². The van der Waals surface area contributed by atoms with E-state index in [-0.39, 0.29) is 23.2 Å². The second-order valence-electron chi connectivity index (χ2n) is 7.06. The number of nitrogens with one attached hydrogen (secondary N) is 1. The molecular weight excluding hydrogens is 357 g/mol. The number of ether oxygens (including phenoxy) is 1. The van der Waals surface area contributed by atoms with Crippen LogP contribution in [-0.2, 0) is 6.18 Å². The van der Waals surface area contributed by atoms with Crippen molar-refractivity contribution in [3.8, 4) is 17.3 Å². The quantitative estimate of drug-likeness (QED) is 0.648. The smallest absolute Gasteiger partial charge is 0.418 e. The standard InChI is InChI=1S/C19H21F3N4O/c1-11(2)9-12(3)10-27-15-7-6-14(19(20,21)22)17(24-15)16-13-5-4-8-23-18(13)26-25-16/h4-8,11-12H,9-10H2,1-3H3,(H,23,25,26)/t12-/m0/s1. The number of fused-ring (bicyclic) bond motifs is 1. The molecule has 0 saturated carbocycles. The monoisotopic (exact) mass is 378 g/mol. The molecule has 0 fully saturated rings. The number of aromatic amines is 1. The first kappa shape index (κ1) is 19.1. The number of nitrogens with zero attached hydrogens (tertiary/aromatic N) is 3. The number of alkyl halides is 3. The van der Waals surface area contributed by atoms with Crippen LogP contribution in [0.15, 0.2) is 30.5 Å². The van der Waals surface area contributed by atoms with Gasteiger partial charge in [-0.2, -0.15) is 18.3 Å². The molecular formula is C19H21F3N4O. The van der Waals surface area contributed by atoms with E-state index < -0.39 is 11.7 Å². The SMILES string of the molecule is CC(C)C[C@H](C)COc1ccc(C(F)(F)F)c(-c2[nH]nc3ncccc23)n1. The van der Waals surface area contributed by atoms with Gasteiger partial charge in [0.2, 0.25) is 5.88 Å². The molecule has 3 heterocycles. The van der Waals surface area contributed by atoms with E-state index >= 15 is 0 Å². The Kier molecular flexibility index (Phi) is 5.34. The van der Waals surface area contributed by atoms with Crippen molar-refractivity contribution in [1.29, 1.82) is 0 Å². The molecule has 0 aliphatic heterocycles. The van der Waals surface area contributed by atoms with Crippen molar-refractivity contribution in [2.75, 3.05) is 6.61 Å². The molecule has 0 radical (unpaired) electrons. The minimum absolute atomic E-state index is 0.153. The van der Waals surface area contributed by atoms with Gasteiger partial charge in [-0.15, -0.1) is 0 Å². The van der Waals surface area contributed by atoms with Crippen molar-refractivity contribution in [3.05, 3.63) is 36.0 Å². The molecule has 144 valence electrons. The predicted molar refractivity (Wildman–Crippen MR) is 96.2 cm³/mol. The van der Waals surface area contributed by atoms with Crippen LogP contribution in [-0.4, -0.2) is 26.8 Å². The molecule has 1 atom stereocenters. The summed E-state index contributed by atoms with van der Waals surface area (Å²) in [4.78, 5) is 8.19. The molecule has 27 heavy (non-hydrogen) atoms. The van der Waals surface area contributed by atoms with Crippen LogP contribution in [0.2, 0.25) is 0 Å². The maximum absolute atomic E-state index is 13.5. The molecule has 3 aromatic heterocycles. The first-order valence-electron chi connectivity index (χ1n) is 8.76. The highest BCUT2D eigenvalue weighted by Gasteiger charge is 2.36. The summed E-state index contributed by atoms with van der Waals surface area (Å²) in [7, 11) is 0. The zero-order valence-electron chi connectivity index (χ0n) is 15.3. The Labute approximate surface area is 155 Å². The van der Waals surface area contributed by atoms with Gasteiger partial charge in [-0.1, -0.05) is 20.8 Å². The summed E-state index contributed by atoms with van der Waals surface area (Å²) in [6.45, 7) is 6.66. The molecule has 0 aliphatic carbocycles. The molecule has 3 aromatic rings. The summed E-state index contributed by atoms with van der Waals surface area (Å²) >= 11 is 0. The fraction of sp³-hybridized carbons (Fsp3) is 0.421. The van der Waals surface area contributed by atoms with Gasteiger partial charge in [0.25, 0.3) is 0 Å². The molecule has 0 bridgehead atoms. The average molecular weight is 378 g/mol. The summed E-state index contributed by atoms with van der Waals surface area (Å²) in [5.41, 5.74) is -0.586. The molecule has 0 aromatic carbocycles. The van der Waals surface area contributed by atoms with E-state index in [1.54, 1.807) is 12.1 Å².